The molecule has 0 aromatic rings. The van der Waals surface area contributed by atoms with Crippen LogP contribution in [0.1, 0.15) is 98.3 Å². The molecule has 0 radical (unpaired) electrons. The van der Waals surface area contributed by atoms with Crippen LogP contribution < -0.4 is 18.6 Å². The Morgan fingerprint density at radius 3 is 1.31 bits per heavy atom. The first-order chi connectivity index (χ1) is 14.2. The van der Waals surface area contributed by atoms with Gasteiger partial charge in [0.1, 0.15) is 0 Å². The van der Waals surface area contributed by atoms with E-state index in [2.05, 4.69) is 33.9 Å². The van der Waals surface area contributed by atoms with Crippen molar-refractivity contribution in [1.82, 2.24) is 0 Å². The van der Waals surface area contributed by atoms with Crippen LogP contribution in [-0.2, 0) is 30.6 Å². The number of halogens is 1. The molecule has 0 atom stereocenters. The van der Waals surface area contributed by atoms with Crippen molar-refractivity contribution in [2.75, 3.05) is 13.2 Å². The molecule has 0 spiro atoms. The van der Waals surface area contributed by atoms with E-state index in [0.717, 1.165) is 13.0 Å². The first kappa shape index (κ1) is 40.0. The SMILES string of the molecule is C1CCCC1.C1CCCC1.C[CH+]CO.[CH-]=CCCO[Si](C)(C)C(C)(C)C.[O-][Cl+3]([O-])([O-])[O-].[Zr]. The molecule has 0 bridgehead atoms. The monoisotopic (exact) mass is 573 g/mol. The van der Waals surface area contributed by atoms with Gasteiger partial charge in [0, 0.05) is 32.8 Å². The fourth-order valence-electron chi connectivity index (χ4n) is 2.37. The number of hydrogen-bond acceptors (Lipinski definition) is 6. The van der Waals surface area contributed by atoms with Gasteiger partial charge in [-0.3, -0.25) is 6.08 Å². The minimum atomic E-state index is -4.94. The van der Waals surface area contributed by atoms with E-state index in [1.54, 1.807) is 19.4 Å². The second-order valence-electron chi connectivity index (χ2n) is 9.14. The average molecular weight is 575 g/mol. The van der Waals surface area contributed by atoms with Crippen molar-refractivity contribution in [3.8, 4) is 0 Å². The largest absolute Gasteiger partial charge is 0.518 e. The summed E-state index contributed by atoms with van der Waals surface area (Å²) in [4.78, 5) is 0. The van der Waals surface area contributed by atoms with E-state index in [9.17, 15) is 0 Å². The molecule has 2 fully saturated rings. The number of aliphatic hydroxyl groups is 1. The van der Waals surface area contributed by atoms with E-state index in [-0.39, 0.29) is 32.8 Å². The summed E-state index contributed by atoms with van der Waals surface area (Å²) in [5.41, 5.74) is 0. The van der Waals surface area contributed by atoms with Crippen molar-refractivity contribution in [3.63, 3.8) is 0 Å². The number of rotatable bonds is 5. The normalized spacial score (nSPS) is 15.1. The third kappa shape index (κ3) is 38.0. The van der Waals surface area contributed by atoms with Crippen LogP contribution in [0, 0.1) is 23.2 Å². The van der Waals surface area contributed by atoms with Gasteiger partial charge in [-0.05, 0) is 24.6 Å². The summed E-state index contributed by atoms with van der Waals surface area (Å²) < 4.78 is 39.8. The Morgan fingerprint density at radius 2 is 1.16 bits per heavy atom. The molecule has 32 heavy (non-hydrogen) atoms. The molecular weight excluding hydrogens is 527 g/mol. The third-order valence-corrected chi connectivity index (χ3v) is 9.77. The predicted octanol–water partition coefficient (Wildman–Crippen LogP) is 2.73. The summed E-state index contributed by atoms with van der Waals surface area (Å²) in [6.07, 6.45) is 19.2. The van der Waals surface area contributed by atoms with E-state index in [0.29, 0.717) is 5.04 Å². The summed E-state index contributed by atoms with van der Waals surface area (Å²) in [5, 5.41) is 8.13. The molecular formula is C23H48ClO6SiZr-. The standard InChI is InChI=1S/C10H21OSi.2C5H10.C3H7O.ClHO4.Zr/c1-7-8-9-11-12(5,6)10(2,3)4;2*1-2-4-5-3-1;1-2-3-4;2-1(3,4)5;/h1,7H,8-9H2,2-6H3;2*1-5H2;2,4H,3H2,1H3;(H,2,3,4,5);/q-1;;;+1;;/p-1. The maximum Gasteiger partial charge on any atom is 0.191 e. The Balaban J connectivity index is -0.000000165. The van der Waals surface area contributed by atoms with Gasteiger partial charge in [-0.15, -0.1) is 10.2 Å². The van der Waals surface area contributed by atoms with Crippen molar-refractivity contribution in [2.24, 2.45) is 0 Å². The summed E-state index contributed by atoms with van der Waals surface area (Å²) in [7, 11) is -6.46. The van der Waals surface area contributed by atoms with Crippen LogP contribution in [0.3, 0.4) is 0 Å². The summed E-state index contributed by atoms with van der Waals surface area (Å²) in [5.74, 6) is 0. The second kappa shape index (κ2) is 24.9. The molecule has 6 nitrogen and oxygen atoms in total. The van der Waals surface area contributed by atoms with Gasteiger partial charge in [0.15, 0.2) is 14.9 Å². The zero-order valence-corrected chi connectivity index (χ0v) is 25.5. The van der Waals surface area contributed by atoms with Gasteiger partial charge in [0.25, 0.3) is 0 Å². The van der Waals surface area contributed by atoms with Crippen molar-refractivity contribution >= 4 is 8.32 Å². The minimum Gasteiger partial charge on any atom is -0.518 e. The van der Waals surface area contributed by atoms with Gasteiger partial charge < -0.3 is 16.1 Å². The molecule has 0 aromatic heterocycles. The van der Waals surface area contributed by atoms with Crippen molar-refractivity contribution in [3.05, 3.63) is 19.1 Å². The Bertz CT molecular complexity index is 346. The first-order valence-electron chi connectivity index (χ1n) is 11.4. The van der Waals surface area contributed by atoms with Crippen LogP contribution in [0.4, 0.5) is 0 Å². The molecule has 0 aromatic carbocycles. The summed E-state index contributed by atoms with van der Waals surface area (Å²) >= 11 is 0. The van der Waals surface area contributed by atoms with Crippen LogP contribution in [-0.4, -0.2) is 26.6 Å². The number of aliphatic hydroxyl groups excluding tert-OH is 1. The maximum absolute atomic E-state index is 8.49. The van der Waals surface area contributed by atoms with E-state index < -0.39 is 18.6 Å². The smallest absolute Gasteiger partial charge is 0.191 e. The van der Waals surface area contributed by atoms with E-state index >= 15 is 0 Å². The van der Waals surface area contributed by atoms with Gasteiger partial charge in [0.05, 0.1) is 13.3 Å². The molecule has 2 saturated carbocycles. The molecule has 0 saturated heterocycles. The minimum absolute atomic E-state index is 0. The zero-order valence-electron chi connectivity index (χ0n) is 21.3. The van der Waals surface area contributed by atoms with Crippen LogP contribution in [0.25, 0.3) is 0 Å². The van der Waals surface area contributed by atoms with Crippen LogP contribution in [0.2, 0.25) is 18.1 Å². The summed E-state index contributed by atoms with van der Waals surface area (Å²) in [6.45, 7) is 19.3. The Hall–Kier alpha value is 0.760. The van der Waals surface area contributed by atoms with Crippen LogP contribution in [0.5, 0.6) is 0 Å². The Labute approximate surface area is 220 Å². The molecule has 2 aliphatic rings. The molecule has 192 valence electrons. The van der Waals surface area contributed by atoms with Crippen molar-refractivity contribution in [2.45, 2.75) is 116 Å². The molecule has 2 aliphatic carbocycles. The van der Waals surface area contributed by atoms with Gasteiger partial charge in [-0.25, -0.2) is 18.6 Å². The van der Waals surface area contributed by atoms with E-state index in [1.807, 2.05) is 0 Å². The summed E-state index contributed by atoms with van der Waals surface area (Å²) in [6, 6.07) is 0. The third-order valence-electron chi connectivity index (χ3n) is 5.24. The topological polar surface area (TPSA) is 122 Å². The molecule has 0 unspecified atom stereocenters. The van der Waals surface area contributed by atoms with Gasteiger partial charge in [-0.2, -0.15) is 0 Å². The number of hydrogen-bond donors (Lipinski definition) is 1. The Morgan fingerprint density at radius 1 is 0.906 bits per heavy atom. The Kier molecular flexibility index (Phi) is 31.1. The predicted molar refractivity (Wildman–Crippen MR) is 120 cm³/mol. The molecule has 0 amide bonds. The molecule has 2 rings (SSSR count). The molecule has 0 heterocycles. The van der Waals surface area contributed by atoms with E-state index in [4.69, 9.17) is 34.7 Å². The molecule has 0 aliphatic heterocycles. The molecule has 1 N–H and O–H groups in total. The van der Waals surface area contributed by atoms with Gasteiger partial charge in [-0.1, -0.05) is 85.0 Å². The van der Waals surface area contributed by atoms with Crippen LogP contribution >= 0.6 is 0 Å². The van der Waals surface area contributed by atoms with Gasteiger partial charge >= 0.3 is 0 Å². The van der Waals surface area contributed by atoms with Crippen molar-refractivity contribution in [1.29, 1.82) is 0 Å². The van der Waals surface area contributed by atoms with Crippen molar-refractivity contribution < 1.29 is 64.6 Å². The fourth-order valence-corrected chi connectivity index (χ4v) is 3.43. The van der Waals surface area contributed by atoms with E-state index in [1.165, 1.54) is 64.2 Å². The first-order valence-corrected chi connectivity index (χ1v) is 15.5. The van der Waals surface area contributed by atoms with Crippen LogP contribution in [0.15, 0.2) is 6.08 Å². The van der Waals surface area contributed by atoms with Gasteiger partial charge in [0.2, 0.25) is 0 Å². The average Bonchev–Trinajstić information content (AvgIpc) is 3.37. The quantitative estimate of drug-likeness (QED) is 0.306. The zero-order chi connectivity index (χ0) is 24.8. The molecule has 9 heteroatoms. The maximum atomic E-state index is 8.49. The second-order valence-corrected chi connectivity index (χ2v) is 14.7. The fraction of sp³-hybridized carbons (Fsp3) is 0.870.